The minimum absolute atomic E-state index is 0.00852. The van der Waals surface area contributed by atoms with Crippen LogP contribution in [-0.4, -0.2) is 21.9 Å². The molecule has 3 rings (SSSR count). The second-order valence-electron chi connectivity index (χ2n) is 5.62. The van der Waals surface area contributed by atoms with Crippen molar-refractivity contribution in [2.24, 2.45) is 22.1 Å². The molecule has 0 heterocycles. The van der Waals surface area contributed by atoms with Gasteiger partial charge in [-0.1, -0.05) is 25.0 Å². The van der Waals surface area contributed by atoms with Gasteiger partial charge < -0.3 is 10.2 Å². The highest BCUT2D eigenvalue weighted by Crippen LogP contribution is 2.42. The van der Waals surface area contributed by atoms with Crippen LogP contribution >= 0.6 is 0 Å². The summed E-state index contributed by atoms with van der Waals surface area (Å²) < 4.78 is 0. The van der Waals surface area contributed by atoms with E-state index in [1.54, 1.807) is 12.1 Å². The van der Waals surface area contributed by atoms with Crippen LogP contribution in [0.15, 0.2) is 46.0 Å². The Hall–Kier alpha value is -2.50. The fourth-order valence-corrected chi connectivity index (χ4v) is 3.15. The number of amides is 1. The van der Waals surface area contributed by atoms with Gasteiger partial charge in [0.05, 0.1) is 5.56 Å². The van der Waals surface area contributed by atoms with Crippen molar-refractivity contribution in [1.29, 1.82) is 0 Å². The Bertz CT molecular complexity index is 693. The Morgan fingerprint density at radius 3 is 2.45 bits per heavy atom. The van der Waals surface area contributed by atoms with Crippen molar-refractivity contribution in [2.45, 2.75) is 25.7 Å². The number of rotatable bonds is 2. The number of aliphatic hydroxyl groups excluding tert-OH is 1. The van der Waals surface area contributed by atoms with Crippen LogP contribution in [0.2, 0.25) is 0 Å². The van der Waals surface area contributed by atoms with E-state index in [-0.39, 0.29) is 40.4 Å². The van der Waals surface area contributed by atoms with E-state index < -0.39 is 5.91 Å². The van der Waals surface area contributed by atoms with Crippen LogP contribution in [0.4, 0.5) is 0 Å². The Labute approximate surface area is 127 Å². The SMILES string of the molecule is O=C(N=NC1=C(O)C2CCCCC2C1=O)c1ccccc1O. The van der Waals surface area contributed by atoms with Crippen molar-refractivity contribution in [1.82, 2.24) is 0 Å². The predicted octanol–water partition coefficient (Wildman–Crippen LogP) is 3.14. The van der Waals surface area contributed by atoms with Crippen LogP contribution in [0.1, 0.15) is 36.0 Å². The van der Waals surface area contributed by atoms with Crippen LogP contribution in [0.25, 0.3) is 0 Å². The van der Waals surface area contributed by atoms with Crippen LogP contribution in [0.5, 0.6) is 5.75 Å². The number of allylic oxidation sites excluding steroid dienone is 2. The van der Waals surface area contributed by atoms with E-state index in [1.165, 1.54) is 12.1 Å². The number of Topliss-reactive ketones (excluding diaryl/α,β-unsaturated/α-hetero) is 1. The first-order chi connectivity index (χ1) is 10.6. The second kappa shape index (κ2) is 5.71. The Morgan fingerprint density at radius 2 is 1.77 bits per heavy atom. The van der Waals surface area contributed by atoms with Gasteiger partial charge >= 0.3 is 0 Å². The summed E-state index contributed by atoms with van der Waals surface area (Å²) in [6.07, 6.45) is 3.43. The summed E-state index contributed by atoms with van der Waals surface area (Å²) in [6, 6.07) is 5.97. The molecule has 22 heavy (non-hydrogen) atoms. The minimum atomic E-state index is -0.749. The molecule has 0 saturated heterocycles. The maximum atomic E-state index is 12.2. The third-order valence-corrected chi connectivity index (χ3v) is 4.31. The molecule has 0 spiro atoms. The monoisotopic (exact) mass is 300 g/mol. The molecule has 1 aromatic carbocycles. The molecule has 2 aliphatic carbocycles. The summed E-state index contributed by atoms with van der Waals surface area (Å²) in [6.45, 7) is 0. The van der Waals surface area contributed by atoms with Gasteiger partial charge in [0.2, 0.25) is 0 Å². The lowest BCUT2D eigenvalue weighted by Gasteiger charge is -2.23. The zero-order valence-corrected chi connectivity index (χ0v) is 11.9. The number of hydrogen-bond donors (Lipinski definition) is 2. The summed E-state index contributed by atoms with van der Waals surface area (Å²) in [5.74, 6) is -1.66. The van der Waals surface area contributed by atoms with Gasteiger partial charge in [0.25, 0.3) is 5.91 Å². The first kappa shape index (κ1) is 14.4. The van der Waals surface area contributed by atoms with Crippen molar-refractivity contribution in [3.63, 3.8) is 0 Å². The van der Waals surface area contributed by atoms with Gasteiger partial charge in [0.15, 0.2) is 11.5 Å². The minimum Gasteiger partial charge on any atom is -0.510 e. The highest BCUT2D eigenvalue weighted by Gasteiger charge is 2.43. The van der Waals surface area contributed by atoms with E-state index in [0.717, 1.165) is 25.7 Å². The Kier molecular flexibility index (Phi) is 3.75. The number of para-hydroxylation sites is 1. The molecule has 6 heteroatoms. The van der Waals surface area contributed by atoms with Crippen molar-refractivity contribution >= 4 is 11.7 Å². The molecule has 0 bridgehead atoms. The van der Waals surface area contributed by atoms with E-state index in [9.17, 15) is 19.8 Å². The topological polar surface area (TPSA) is 99.3 Å². The van der Waals surface area contributed by atoms with Gasteiger partial charge in [0.1, 0.15) is 11.5 Å². The smallest absolute Gasteiger partial charge is 0.299 e. The number of carbonyl (C=O) groups is 2. The van der Waals surface area contributed by atoms with Crippen molar-refractivity contribution in [3.05, 3.63) is 41.3 Å². The van der Waals surface area contributed by atoms with Gasteiger partial charge in [-0.3, -0.25) is 9.59 Å². The summed E-state index contributed by atoms with van der Waals surface area (Å²) in [5.41, 5.74) is -0.102. The van der Waals surface area contributed by atoms with Crippen LogP contribution in [0, 0.1) is 11.8 Å². The number of ketones is 1. The van der Waals surface area contributed by atoms with Gasteiger partial charge in [-0.05, 0) is 25.0 Å². The van der Waals surface area contributed by atoms with Crippen molar-refractivity contribution in [2.75, 3.05) is 0 Å². The van der Waals surface area contributed by atoms with E-state index >= 15 is 0 Å². The molecular weight excluding hydrogens is 284 g/mol. The molecule has 0 radical (unpaired) electrons. The normalized spacial score (nSPS) is 24.8. The fraction of sp³-hybridized carbons (Fsp3) is 0.375. The molecule has 1 saturated carbocycles. The zero-order chi connectivity index (χ0) is 15.7. The maximum absolute atomic E-state index is 12.2. The number of aliphatic hydroxyl groups is 1. The van der Waals surface area contributed by atoms with Crippen molar-refractivity contribution < 1.29 is 19.8 Å². The molecular formula is C16H16N2O4. The molecule has 0 aliphatic heterocycles. The van der Waals surface area contributed by atoms with Gasteiger partial charge in [-0.2, -0.15) is 0 Å². The molecule has 114 valence electrons. The van der Waals surface area contributed by atoms with E-state index in [4.69, 9.17) is 0 Å². The van der Waals surface area contributed by atoms with E-state index in [1.807, 2.05) is 0 Å². The van der Waals surface area contributed by atoms with E-state index in [0.29, 0.717) is 0 Å². The maximum Gasteiger partial charge on any atom is 0.299 e. The largest absolute Gasteiger partial charge is 0.510 e. The average molecular weight is 300 g/mol. The van der Waals surface area contributed by atoms with E-state index in [2.05, 4.69) is 10.2 Å². The zero-order valence-electron chi connectivity index (χ0n) is 11.9. The standard InChI is InChI=1S/C16H16N2O4/c19-12-8-4-3-7-11(12)16(22)18-17-13-14(20)9-5-1-2-6-10(9)15(13)21/h3-4,7-10,19-20H,1-2,5-6H2. The molecule has 1 fully saturated rings. The third kappa shape index (κ3) is 2.41. The average Bonchev–Trinajstić information content (AvgIpc) is 2.77. The summed E-state index contributed by atoms with van der Waals surface area (Å²) >= 11 is 0. The van der Waals surface area contributed by atoms with Gasteiger partial charge in [-0.25, -0.2) is 0 Å². The molecule has 1 amide bonds. The molecule has 2 unspecified atom stereocenters. The first-order valence-electron chi connectivity index (χ1n) is 7.31. The molecule has 2 atom stereocenters. The number of aromatic hydroxyl groups is 1. The highest BCUT2D eigenvalue weighted by molar-refractivity contribution is 6.01. The molecule has 2 N–H and O–H groups in total. The number of phenolic OH excluding ortho intramolecular Hbond substituents is 1. The lowest BCUT2D eigenvalue weighted by Crippen LogP contribution is -2.21. The number of benzene rings is 1. The van der Waals surface area contributed by atoms with Crippen molar-refractivity contribution in [3.8, 4) is 5.75 Å². The number of azo groups is 1. The molecule has 1 aromatic rings. The number of fused-ring (bicyclic) bond motifs is 1. The second-order valence-corrected chi connectivity index (χ2v) is 5.62. The van der Waals surface area contributed by atoms with Crippen LogP contribution in [-0.2, 0) is 4.79 Å². The molecule has 2 aliphatic rings. The Balaban J connectivity index is 1.83. The molecule has 6 nitrogen and oxygen atoms in total. The highest BCUT2D eigenvalue weighted by atomic mass is 16.3. The van der Waals surface area contributed by atoms with Gasteiger partial charge in [-0.15, -0.1) is 10.2 Å². The van der Waals surface area contributed by atoms with Crippen LogP contribution in [0.3, 0.4) is 0 Å². The summed E-state index contributed by atoms with van der Waals surface area (Å²) in [4.78, 5) is 24.1. The predicted molar refractivity (Wildman–Crippen MR) is 77.4 cm³/mol. The summed E-state index contributed by atoms with van der Waals surface area (Å²) in [7, 11) is 0. The first-order valence-corrected chi connectivity index (χ1v) is 7.31. The lowest BCUT2D eigenvalue weighted by molar-refractivity contribution is -0.120. The quantitative estimate of drug-likeness (QED) is 0.819. The fourth-order valence-electron chi connectivity index (χ4n) is 3.15. The Morgan fingerprint density at radius 1 is 1.09 bits per heavy atom. The summed E-state index contributed by atoms with van der Waals surface area (Å²) in [5, 5.41) is 26.9. The number of nitrogens with zero attached hydrogens (tertiary/aromatic N) is 2. The molecule has 0 aromatic heterocycles. The number of phenols is 1. The number of hydrogen-bond acceptors (Lipinski definition) is 5. The number of carbonyl (C=O) groups excluding carboxylic acids is 2. The third-order valence-electron chi connectivity index (χ3n) is 4.31. The van der Waals surface area contributed by atoms with Gasteiger partial charge in [0, 0.05) is 11.8 Å². The lowest BCUT2D eigenvalue weighted by atomic mass is 9.80. The van der Waals surface area contributed by atoms with Crippen LogP contribution < -0.4 is 0 Å².